The molecule has 1 aliphatic heterocycles. The molecule has 2 aromatic rings. The number of carbonyl (C=O) groups excluding carboxylic acids is 1. The molecule has 0 atom stereocenters. The van der Waals surface area contributed by atoms with E-state index in [-0.39, 0.29) is 17.6 Å². The molecule has 0 unspecified atom stereocenters. The number of nitrogens with zero attached hydrogens (tertiary/aromatic N) is 1. The van der Waals surface area contributed by atoms with Gasteiger partial charge in [-0.25, -0.2) is 12.7 Å². The molecule has 5 nitrogen and oxygen atoms in total. The number of para-hydroxylation sites is 1. The molecule has 2 aromatic carbocycles. The Bertz CT molecular complexity index is 951. The van der Waals surface area contributed by atoms with E-state index in [1.165, 1.54) is 4.31 Å². The Morgan fingerprint density at radius 3 is 2.29 bits per heavy atom. The van der Waals surface area contributed by atoms with Gasteiger partial charge >= 0.3 is 0 Å². The average Bonchev–Trinajstić information content (AvgIpc) is 2.66. The molecule has 8 heteroatoms. The zero-order chi connectivity index (χ0) is 20.3. The summed E-state index contributed by atoms with van der Waals surface area (Å²) in [7, 11) is -3.42. The minimum Gasteiger partial charge on any atom is -0.323 e. The Labute approximate surface area is 175 Å². The average molecular weight is 441 g/mol. The molecule has 3 rings (SSSR count). The SMILES string of the molecule is Cc1ccccc1CS(=O)(=O)N1CCC(C(=O)Nc2c(Cl)cccc2Cl)CC1. The number of hydrogen-bond donors (Lipinski definition) is 1. The number of rotatable bonds is 5. The number of sulfonamides is 1. The molecule has 1 saturated heterocycles. The van der Waals surface area contributed by atoms with Gasteiger partial charge in [-0.05, 0) is 43.0 Å². The highest BCUT2D eigenvalue weighted by Crippen LogP contribution is 2.31. The smallest absolute Gasteiger partial charge is 0.227 e. The van der Waals surface area contributed by atoms with Crippen LogP contribution in [0.5, 0.6) is 0 Å². The van der Waals surface area contributed by atoms with Gasteiger partial charge in [0, 0.05) is 19.0 Å². The quantitative estimate of drug-likeness (QED) is 0.744. The van der Waals surface area contributed by atoms with Crippen LogP contribution < -0.4 is 5.32 Å². The van der Waals surface area contributed by atoms with E-state index in [0.29, 0.717) is 41.7 Å². The molecular formula is C20H22Cl2N2O3S. The largest absolute Gasteiger partial charge is 0.323 e. The molecule has 0 bridgehead atoms. The van der Waals surface area contributed by atoms with Crippen molar-refractivity contribution >= 4 is 44.8 Å². The van der Waals surface area contributed by atoms with Crippen LogP contribution in [0.2, 0.25) is 10.0 Å². The second-order valence-corrected chi connectivity index (χ2v) is 9.73. The summed E-state index contributed by atoms with van der Waals surface area (Å²) in [5.74, 6) is -0.491. The van der Waals surface area contributed by atoms with E-state index in [9.17, 15) is 13.2 Å². The number of amides is 1. The van der Waals surface area contributed by atoms with E-state index in [4.69, 9.17) is 23.2 Å². The van der Waals surface area contributed by atoms with E-state index in [0.717, 1.165) is 11.1 Å². The Hall–Kier alpha value is -1.60. The zero-order valence-electron chi connectivity index (χ0n) is 15.5. The lowest BCUT2D eigenvalue weighted by molar-refractivity contribution is -0.120. The van der Waals surface area contributed by atoms with Crippen LogP contribution in [0.4, 0.5) is 5.69 Å². The molecular weight excluding hydrogens is 419 g/mol. The second-order valence-electron chi connectivity index (χ2n) is 6.94. The van der Waals surface area contributed by atoms with Crippen LogP contribution in [0.25, 0.3) is 0 Å². The van der Waals surface area contributed by atoms with Crippen LogP contribution >= 0.6 is 23.2 Å². The number of piperidine rings is 1. The second kappa shape index (κ2) is 8.82. The summed E-state index contributed by atoms with van der Waals surface area (Å²) in [4.78, 5) is 12.6. The Morgan fingerprint density at radius 1 is 1.07 bits per heavy atom. The summed E-state index contributed by atoms with van der Waals surface area (Å²) in [5, 5.41) is 3.53. The van der Waals surface area contributed by atoms with Crippen LogP contribution in [0, 0.1) is 12.8 Å². The highest BCUT2D eigenvalue weighted by Gasteiger charge is 2.31. The monoisotopic (exact) mass is 440 g/mol. The maximum Gasteiger partial charge on any atom is 0.227 e. The van der Waals surface area contributed by atoms with Gasteiger partial charge in [0.25, 0.3) is 0 Å². The predicted octanol–water partition coefficient (Wildman–Crippen LogP) is 4.48. The van der Waals surface area contributed by atoms with E-state index in [2.05, 4.69) is 5.32 Å². The highest BCUT2D eigenvalue weighted by atomic mass is 35.5. The molecule has 1 amide bonds. The first-order chi connectivity index (χ1) is 13.3. The standard InChI is InChI=1S/C20H22Cl2N2O3S/c1-14-5-2-3-6-16(14)13-28(26,27)24-11-9-15(10-12-24)20(25)23-19-17(21)7-4-8-18(19)22/h2-8,15H,9-13H2,1H3,(H,23,25). The van der Waals surface area contributed by atoms with Crippen molar-refractivity contribution in [1.29, 1.82) is 0 Å². The number of carbonyl (C=O) groups is 1. The lowest BCUT2D eigenvalue weighted by Gasteiger charge is -2.30. The van der Waals surface area contributed by atoms with E-state index in [1.807, 2.05) is 31.2 Å². The fourth-order valence-corrected chi connectivity index (χ4v) is 5.46. The van der Waals surface area contributed by atoms with Crippen molar-refractivity contribution in [2.45, 2.75) is 25.5 Å². The summed E-state index contributed by atoms with van der Waals surface area (Å²) < 4.78 is 27.0. The van der Waals surface area contributed by atoms with Gasteiger partial charge in [-0.15, -0.1) is 0 Å². The number of aryl methyl sites for hydroxylation is 1. The number of halogens is 2. The summed E-state index contributed by atoms with van der Waals surface area (Å²) in [5.41, 5.74) is 2.15. The third kappa shape index (κ3) is 4.87. The van der Waals surface area contributed by atoms with Crippen LogP contribution in [0.15, 0.2) is 42.5 Å². The Kier molecular flexibility index (Phi) is 6.65. The Morgan fingerprint density at radius 2 is 1.68 bits per heavy atom. The van der Waals surface area contributed by atoms with Gasteiger partial charge in [0.15, 0.2) is 0 Å². The van der Waals surface area contributed by atoms with Crippen molar-refractivity contribution < 1.29 is 13.2 Å². The van der Waals surface area contributed by atoms with Crippen LogP contribution in [-0.4, -0.2) is 31.7 Å². The molecule has 1 N–H and O–H groups in total. The first-order valence-corrected chi connectivity index (χ1v) is 11.4. The van der Waals surface area contributed by atoms with Crippen molar-refractivity contribution in [2.24, 2.45) is 5.92 Å². The topological polar surface area (TPSA) is 66.5 Å². The molecule has 1 heterocycles. The molecule has 0 aromatic heterocycles. The number of hydrogen-bond acceptors (Lipinski definition) is 3. The van der Waals surface area contributed by atoms with E-state index >= 15 is 0 Å². The van der Waals surface area contributed by atoms with Gasteiger partial charge in [-0.1, -0.05) is 53.5 Å². The Balaban J connectivity index is 1.61. The molecule has 150 valence electrons. The minimum absolute atomic E-state index is 0.0221. The molecule has 1 aliphatic rings. The zero-order valence-corrected chi connectivity index (χ0v) is 17.8. The number of benzene rings is 2. The van der Waals surface area contributed by atoms with Gasteiger partial charge in [-0.2, -0.15) is 0 Å². The predicted molar refractivity (Wildman–Crippen MR) is 113 cm³/mol. The van der Waals surface area contributed by atoms with Gasteiger partial charge in [0.1, 0.15) is 0 Å². The molecule has 0 spiro atoms. The summed E-state index contributed by atoms with van der Waals surface area (Å²) >= 11 is 12.2. The fourth-order valence-electron chi connectivity index (χ4n) is 3.30. The normalized spacial score (nSPS) is 16.1. The van der Waals surface area contributed by atoms with Gasteiger partial charge < -0.3 is 5.32 Å². The molecule has 28 heavy (non-hydrogen) atoms. The third-order valence-corrected chi connectivity index (χ3v) is 7.49. The van der Waals surface area contributed by atoms with Crippen LogP contribution in [-0.2, 0) is 20.6 Å². The molecule has 1 fully saturated rings. The van der Waals surface area contributed by atoms with Crippen molar-refractivity contribution in [3.8, 4) is 0 Å². The lowest BCUT2D eigenvalue weighted by atomic mass is 9.97. The summed E-state index contributed by atoms with van der Waals surface area (Å²) in [6.45, 7) is 2.55. The molecule has 0 radical (unpaired) electrons. The maximum absolute atomic E-state index is 12.8. The summed E-state index contributed by atoms with van der Waals surface area (Å²) in [6, 6.07) is 12.5. The first-order valence-electron chi connectivity index (χ1n) is 9.05. The fraction of sp³-hybridized carbons (Fsp3) is 0.350. The minimum atomic E-state index is -3.42. The third-order valence-electron chi connectivity index (χ3n) is 5.03. The van der Waals surface area contributed by atoms with Crippen LogP contribution in [0.1, 0.15) is 24.0 Å². The maximum atomic E-state index is 12.8. The van der Waals surface area contributed by atoms with Crippen molar-refractivity contribution in [1.82, 2.24) is 4.31 Å². The molecule has 0 saturated carbocycles. The summed E-state index contributed by atoms with van der Waals surface area (Å²) in [6.07, 6.45) is 0.918. The van der Waals surface area contributed by atoms with Crippen molar-refractivity contribution in [3.63, 3.8) is 0 Å². The van der Waals surface area contributed by atoms with Crippen LogP contribution in [0.3, 0.4) is 0 Å². The number of nitrogens with one attached hydrogen (secondary N) is 1. The van der Waals surface area contributed by atoms with Crippen molar-refractivity contribution in [3.05, 3.63) is 63.6 Å². The van der Waals surface area contributed by atoms with E-state index < -0.39 is 10.0 Å². The van der Waals surface area contributed by atoms with Crippen molar-refractivity contribution in [2.75, 3.05) is 18.4 Å². The highest BCUT2D eigenvalue weighted by molar-refractivity contribution is 7.88. The van der Waals surface area contributed by atoms with Gasteiger partial charge in [-0.3, -0.25) is 4.79 Å². The van der Waals surface area contributed by atoms with Gasteiger partial charge in [0.05, 0.1) is 21.5 Å². The van der Waals surface area contributed by atoms with Gasteiger partial charge in [0.2, 0.25) is 15.9 Å². The molecule has 0 aliphatic carbocycles. The van der Waals surface area contributed by atoms with E-state index in [1.54, 1.807) is 18.2 Å². The lowest BCUT2D eigenvalue weighted by Crippen LogP contribution is -2.42. The first kappa shape index (κ1) is 21.1. The number of anilines is 1.